The predicted octanol–water partition coefficient (Wildman–Crippen LogP) is 4.06. The molecule has 1 heterocycles. The van der Waals surface area contributed by atoms with Gasteiger partial charge in [-0.05, 0) is 54.1 Å². The number of aryl methyl sites for hydroxylation is 1. The third-order valence-corrected chi connectivity index (χ3v) is 6.38. The maximum Gasteiger partial charge on any atom is 0.325 e. The van der Waals surface area contributed by atoms with Gasteiger partial charge < -0.3 is 19.7 Å². The van der Waals surface area contributed by atoms with Gasteiger partial charge in [0.05, 0.1) is 20.1 Å². The molecule has 0 spiro atoms. The first-order valence-electron chi connectivity index (χ1n) is 11.4. The normalized spacial score (nSPS) is 11.4. The number of esters is 1. The Labute approximate surface area is 209 Å². The molecule has 1 atom stereocenters. The number of ether oxygens (including phenoxy) is 2. The summed E-state index contributed by atoms with van der Waals surface area (Å²) in [6.07, 6.45) is 0.0885. The Morgan fingerprint density at radius 3 is 2.40 bits per heavy atom. The van der Waals surface area contributed by atoms with E-state index in [1.165, 1.54) is 16.2 Å². The molecule has 2 amide bonds. The standard InChI is InChI=1S/C27H30N2O5S/c1-4-34-25(31)18-29(24(30)16-22-9-7-15-35-22)26(23-10-6-5-8-19(23)2)27(32)28-17-20-11-13-21(33-3)14-12-20/h5-15,26H,4,16-18H2,1-3H3,(H,28,32). The maximum absolute atomic E-state index is 13.6. The molecule has 0 saturated heterocycles. The topological polar surface area (TPSA) is 84.9 Å². The number of amides is 2. The molecule has 7 nitrogen and oxygen atoms in total. The van der Waals surface area contributed by atoms with E-state index in [4.69, 9.17) is 9.47 Å². The van der Waals surface area contributed by atoms with Crippen molar-refractivity contribution in [1.29, 1.82) is 0 Å². The lowest BCUT2D eigenvalue weighted by Gasteiger charge is -2.31. The second-order valence-corrected chi connectivity index (χ2v) is 8.94. The highest BCUT2D eigenvalue weighted by Crippen LogP contribution is 2.26. The van der Waals surface area contributed by atoms with E-state index in [1.54, 1.807) is 14.0 Å². The van der Waals surface area contributed by atoms with Crippen molar-refractivity contribution in [3.05, 3.63) is 87.6 Å². The Morgan fingerprint density at radius 1 is 1.03 bits per heavy atom. The van der Waals surface area contributed by atoms with E-state index < -0.39 is 12.0 Å². The minimum Gasteiger partial charge on any atom is -0.497 e. The Balaban J connectivity index is 1.92. The fourth-order valence-corrected chi connectivity index (χ4v) is 4.40. The van der Waals surface area contributed by atoms with Crippen molar-refractivity contribution >= 4 is 29.1 Å². The zero-order valence-corrected chi connectivity index (χ0v) is 21.0. The molecule has 8 heteroatoms. The molecule has 0 aliphatic rings. The lowest BCUT2D eigenvalue weighted by molar-refractivity contribution is -0.152. The lowest BCUT2D eigenvalue weighted by atomic mass is 9.98. The molecule has 35 heavy (non-hydrogen) atoms. The Morgan fingerprint density at radius 2 is 1.77 bits per heavy atom. The SMILES string of the molecule is CCOC(=O)CN(C(=O)Cc1cccs1)C(C(=O)NCc1ccc(OC)cc1)c1ccccc1C. The molecule has 2 aromatic carbocycles. The van der Waals surface area contributed by atoms with Crippen LogP contribution >= 0.6 is 11.3 Å². The number of hydrogen-bond acceptors (Lipinski definition) is 6. The number of rotatable bonds is 11. The Bertz CT molecular complexity index is 1130. The summed E-state index contributed by atoms with van der Waals surface area (Å²) in [4.78, 5) is 41.7. The van der Waals surface area contributed by atoms with Crippen LogP contribution in [0.5, 0.6) is 5.75 Å². The van der Waals surface area contributed by atoms with E-state index in [-0.39, 0.29) is 37.9 Å². The van der Waals surface area contributed by atoms with Crippen molar-refractivity contribution in [2.45, 2.75) is 32.9 Å². The fourth-order valence-electron chi connectivity index (χ4n) is 3.71. The minimum absolute atomic E-state index is 0.0885. The molecule has 0 saturated carbocycles. The summed E-state index contributed by atoms with van der Waals surface area (Å²) in [5.41, 5.74) is 2.38. The van der Waals surface area contributed by atoms with Crippen molar-refractivity contribution in [2.75, 3.05) is 20.3 Å². The zero-order valence-electron chi connectivity index (χ0n) is 20.2. The molecule has 0 aliphatic carbocycles. The average Bonchev–Trinajstić information content (AvgIpc) is 3.37. The van der Waals surface area contributed by atoms with Gasteiger partial charge in [0.25, 0.3) is 0 Å². The lowest BCUT2D eigenvalue weighted by Crippen LogP contribution is -2.46. The average molecular weight is 495 g/mol. The smallest absolute Gasteiger partial charge is 0.325 e. The molecule has 0 radical (unpaired) electrons. The Hall–Kier alpha value is -3.65. The van der Waals surface area contributed by atoms with Crippen LogP contribution in [0.15, 0.2) is 66.0 Å². The van der Waals surface area contributed by atoms with Gasteiger partial charge in [0.2, 0.25) is 11.8 Å². The van der Waals surface area contributed by atoms with Gasteiger partial charge in [-0.2, -0.15) is 0 Å². The third-order valence-electron chi connectivity index (χ3n) is 5.50. The van der Waals surface area contributed by atoms with Crippen LogP contribution < -0.4 is 10.1 Å². The molecule has 3 rings (SSSR count). The predicted molar refractivity (Wildman–Crippen MR) is 135 cm³/mol. The Kier molecular flexibility index (Phi) is 9.43. The van der Waals surface area contributed by atoms with Gasteiger partial charge in [-0.15, -0.1) is 11.3 Å². The number of nitrogens with zero attached hydrogens (tertiary/aromatic N) is 1. The van der Waals surface area contributed by atoms with Crippen molar-refractivity contribution in [3.63, 3.8) is 0 Å². The van der Waals surface area contributed by atoms with Crippen molar-refractivity contribution in [3.8, 4) is 5.75 Å². The van der Waals surface area contributed by atoms with E-state index in [0.29, 0.717) is 5.56 Å². The molecule has 0 fully saturated rings. The first-order chi connectivity index (χ1) is 16.9. The molecule has 1 unspecified atom stereocenters. The van der Waals surface area contributed by atoms with Gasteiger partial charge in [-0.1, -0.05) is 42.5 Å². The van der Waals surface area contributed by atoms with Crippen LogP contribution in [0.2, 0.25) is 0 Å². The first kappa shape index (κ1) is 26.0. The molecule has 1 aromatic heterocycles. The summed E-state index contributed by atoms with van der Waals surface area (Å²) in [5.74, 6) is -0.543. The fraction of sp³-hybridized carbons (Fsp3) is 0.296. The number of hydrogen-bond donors (Lipinski definition) is 1. The van der Waals surface area contributed by atoms with Crippen LogP contribution in [0, 0.1) is 6.92 Å². The van der Waals surface area contributed by atoms with E-state index in [2.05, 4.69) is 5.32 Å². The molecule has 3 aromatic rings. The largest absolute Gasteiger partial charge is 0.497 e. The van der Waals surface area contributed by atoms with Gasteiger partial charge in [-0.3, -0.25) is 14.4 Å². The maximum atomic E-state index is 13.6. The van der Waals surface area contributed by atoms with Gasteiger partial charge in [0.15, 0.2) is 0 Å². The second kappa shape index (κ2) is 12.7. The molecule has 184 valence electrons. The number of thiophene rings is 1. The summed E-state index contributed by atoms with van der Waals surface area (Å²) < 4.78 is 10.3. The number of benzene rings is 2. The van der Waals surface area contributed by atoms with Gasteiger partial charge in [-0.25, -0.2) is 0 Å². The summed E-state index contributed by atoms with van der Waals surface area (Å²) in [6, 6.07) is 17.5. The monoisotopic (exact) mass is 494 g/mol. The number of nitrogens with one attached hydrogen (secondary N) is 1. The van der Waals surface area contributed by atoms with Crippen molar-refractivity contribution in [1.82, 2.24) is 10.2 Å². The number of methoxy groups -OCH3 is 1. The number of carbonyl (C=O) groups excluding carboxylic acids is 3. The van der Waals surface area contributed by atoms with Gasteiger partial charge >= 0.3 is 5.97 Å². The third kappa shape index (κ3) is 7.16. The highest BCUT2D eigenvalue weighted by Gasteiger charge is 2.34. The van der Waals surface area contributed by atoms with Crippen molar-refractivity contribution < 1.29 is 23.9 Å². The minimum atomic E-state index is -0.994. The highest BCUT2D eigenvalue weighted by molar-refractivity contribution is 7.10. The molecular formula is C27H30N2O5S. The molecular weight excluding hydrogens is 464 g/mol. The summed E-state index contributed by atoms with van der Waals surface area (Å²) >= 11 is 1.45. The van der Waals surface area contributed by atoms with E-state index in [9.17, 15) is 14.4 Å². The summed E-state index contributed by atoms with van der Waals surface area (Å²) in [5, 5.41) is 4.83. The van der Waals surface area contributed by atoms with Crippen LogP contribution in [0.3, 0.4) is 0 Å². The number of carbonyl (C=O) groups is 3. The summed E-state index contributed by atoms with van der Waals surface area (Å²) in [6.45, 7) is 3.70. The van der Waals surface area contributed by atoms with Crippen LogP contribution in [0.25, 0.3) is 0 Å². The van der Waals surface area contributed by atoms with Gasteiger partial charge in [0, 0.05) is 11.4 Å². The van der Waals surface area contributed by atoms with Crippen LogP contribution in [0.4, 0.5) is 0 Å². The molecule has 1 N–H and O–H groups in total. The van der Waals surface area contributed by atoms with E-state index in [0.717, 1.165) is 21.8 Å². The van der Waals surface area contributed by atoms with E-state index >= 15 is 0 Å². The molecule has 0 aliphatic heterocycles. The quantitative estimate of drug-likeness (QED) is 0.407. The molecule has 0 bridgehead atoms. The summed E-state index contributed by atoms with van der Waals surface area (Å²) in [7, 11) is 1.59. The van der Waals surface area contributed by atoms with Crippen LogP contribution in [-0.2, 0) is 32.1 Å². The van der Waals surface area contributed by atoms with Crippen LogP contribution in [0.1, 0.15) is 34.5 Å². The first-order valence-corrected chi connectivity index (χ1v) is 12.2. The van der Waals surface area contributed by atoms with Gasteiger partial charge in [0.1, 0.15) is 18.3 Å². The van der Waals surface area contributed by atoms with Crippen LogP contribution in [-0.4, -0.2) is 42.9 Å². The highest BCUT2D eigenvalue weighted by atomic mass is 32.1. The van der Waals surface area contributed by atoms with E-state index in [1.807, 2.05) is 73.0 Å². The second-order valence-electron chi connectivity index (χ2n) is 7.91. The zero-order chi connectivity index (χ0) is 25.2. The van der Waals surface area contributed by atoms with Crippen molar-refractivity contribution in [2.24, 2.45) is 0 Å².